The van der Waals surface area contributed by atoms with Crippen LogP contribution >= 0.6 is 7.82 Å². The summed E-state index contributed by atoms with van der Waals surface area (Å²) in [4.78, 5) is 31.7. The van der Waals surface area contributed by atoms with Gasteiger partial charge in [-0.25, -0.2) is 4.57 Å². The lowest BCUT2D eigenvalue weighted by molar-refractivity contribution is -0.118. The molecule has 2 rings (SSSR count). The number of amides is 1. The lowest BCUT2D eigenvalue weighted by atomic mass is 10.1. The predicted octanol–water partition coefficient (Wildman–Crippen LogP) is 1.32. The van der Waals surface area contributed by atoms with E-state index in [-0.39, 0.29) is 11.7 Å². The highest BCUT2D eigenvalue weighted by molar-refractivity contribution is 7.46. The number of carbonyl (C=O) groups excluding carboxylic acids is 1. The van der Waals surface area contributed by atoms with E-state index in [9.17, 15) is 9.36 Å². The molecule has 0 unspecified atom stereocenters. The molecule has 2 aromatic rings. The van der Waals surface area contributed by atoms with Gasteiger partial charge in [-0.2, -0.15) is 0 Å². The summed E-state index contributed by atoms with van der Waals surface area (Å²) >= 11 is 0. The van der Waals surface area contributed by atoms with Crippen molar-refractivity contribution in [1.29, 1.82) is 0 Å². The van der Waals surface area contributed by atoms with Crippen LogP contribution in [-0.4, -0.2) is 27.2 Å². The van der Waals surface area contributed by atoms with Crippen molar-refractivity contribution in [2.24, 2.45) is 0 Å². The number of nitrogens with one attached hydrogen (secondary N) is 2. The molecule has 0 aliphatic rings. The molecule has 0 spiro atoms. The van der Waals surface area contributed by atoms with Gasteiger partial charge in [0, 0.05) is 30.6 Å². The lowest BCUT2D eigenvalue weighted by Crippen LogP contribution is -2.22. The SMILES string of the molecule is CC(=O)NCCc1c[nH]c2cccc(OP(=O)(O)O)c12. The molecule has 1 heterocycles. The molecule has 0 fully saturated rings. The summed E-state index contributed by atoms with van der Waals surface area (Å²) in [7, 11) is -4.61. The van der Waals surface area contributed by atoms with E-state index in [1.807, 2.05) is 0 Å². The number of hydrogen-bond donors (Lipinski definition) is 4. The van der Waals surface area contributed by atoms with E-state index in [1.165, 1.54) is 13.0 Å². The Morgan fingerprint density at radius 3 is 2.85 bits per heavy atom. The molecule has 1 aromatic heterocycles. The average molecular weight is 298 g/mol. The number of aromatic nitrogens is 1. The van der Waals surface area contributed by atoms with Crippen molar-refractivity contribution in [3.8, 4) is 5.75 Å². The fourth-order valence-corrected chi connectivity index (χ4v) is 2.40. The zero-order valence-electron chi connectivity index (χ0n) is 10.8. The Balaban J connectivity index is 2.31. The van der Waals surface area contributed by atoms with Crippen LogP contribution in [0.3, 0.4) is 0 Å². The summed E-state index contributed by atoms with van der Waals surface area (Å²) in [5, 5.41) is 3.28. The first-order valence-corrected chi connectivity index (χ1v) is 7.48. The molecule has 0 aliphatic carbocycles. The van der Waals surface area contributed by atoms with Crippen molar-refractivity contribution in [1.82, 2.24) is 10.3 Å². The monoisotopic (exact) mass is 298 g/mol. The summed E-state index contributed by atoms with van der Waals surface area (Å²) in [5.74, 6) is -0.00793. The first-order valence-electron chi connectivity index (χ1n) is 5.95. The largest absolute Gasteiger partial charge is 0.524 e. The molecule has 1 amide bonds. The van der Waals surface area contributed by atoms with Crippen LogP contribution in [0.4, 0.5) is 0 Å². The standard InChI is InChI=1S/C12H15N2O5P/c1-8(15)13-6-5-9-7-14-10-3-2-4-11(12(9)10)19-20(16,17)18/h2-4,7,14H,5-6H2,1H3,(H,13,15)(H2,16,17,18). The van der Waals surface area contributed by atoms with Gasteiger partial charge in [0.25, 0.3) is 0 Å². The molecule has 20 heavy (non-hydrogen) atoms. The number of benzene rings is 1. The molecule has 0 atom stereocenters. The Bertz CT molecular complexity index is 676. The highest BCUT2D eigenvalue weighted by Crippen LogP contribution is 2.41. The second-order valence-corrected chi connectivity index (χ2v) is 5.47. The van der Waals surface area contributed by atoms with Crippen molar-refractivity contribution >= 4 is 24.6 Å². The van der Waals surface area contributed by atoms with Gasteiger partial charge in [0.15, 0.2) is 0 Å². The van der Waals surface area contributed by atoms with Gasteiger partial charge < -0.3 is 14.8 Å². The highest BCUT2D eigenvalue weighted by Gasteiger charge is 2.19. The van der Waals surface area contributed by atoms with Crippen LogP contribution in [0, 0.1) is 0 Å². The van der Waals surface area contributed by atoms with Crippen LogP contribution in [0.1, 0.15) is 12.5 Å². The molecular formula is C12H15N2O5P. The van der Waals surface area contributed by atoms with E-state index in [4.69, 9.17) is 14.3 Å². The molecule has 4 N–H and O–H groups in total. The molecule has 0 bridgehead atoms. The second kappa shape index (κ2) is 5.66. The predicted molar refractivity (Wildman–Crippen MR) is 73.4 cm³/mol. The minimum atomic E-state index is -4.61. The third-order valence-electron chi connectivity index (χ3n) is 2.73. The molecule has 0 saturated carbocycles. The van der Waals surface area contributed by atoms with Crippen LogP contribution in [-0.2, 0) is 15.8 Å². The highest BCUT2D eigenvalue weighted by atomic mass is 31.2. The zero-order valence-corrected chi connectivity index (χ0v) is 11.7. The smallest absolute Gasteiger partial charge is 0.404 e. The minimum Gasteiger partial charge on any atom is -0.404 e. The van der Waals surface area contributed by atoms with Gasteiger partial charge in [-0.1, -0.05) is 6.07 Å². The van der Waals surface area contributed by atoms with Gasteiger partial charge in [-0.15, -0.1) is 0 Å². The van der Waals surface area contributed by atoms with Crippen LogP contribution in [0.5, 0.6) is 5.75 Å². The normalized spacial score (nSPS) is 11.6. The number of fused-ring (bicyclic) bond motifs is 1. The van der Waals surface area contributed by atoms with Crippen molar-refractivity contribution in [3.63, 3.8) is 0 Å². The molecular weight excluding hydrogens is 283 g/mol. The third kappa shape index (κ3) is 3.60. The summed E-state index contributed by atoms with van der Waals surface area (Å²) in [6.07, 6.45) is 2.26. The Morgan fingerprint density at radius 2 is 2.20 bits per heavy atom. The molecule has 0 radical (unpaired) electrons. The van der Waals surface area contributed by atoms with E-state index in [1.54, 1.807) is 18.3 Å². The maximum absolute atomic E-state index is 11.0. The van der Waals surface area contributed by atoms with E-state index < -0.39 is 7.82 Å². The van der Waals surface area contributed by atoms with Gasteiger partial charge in [0.2, 0.25) is 5.91 Å². The molecule has 8 heteroatoms. The van der Waals surface area contributed by atoms with E-state index in [0.29, 0.717) is 23.9 Å². The first-order chi connectivity index (χ1) is 9.37. The number of carbonyl (C=O) groups is 1. The molecule has 108 valence electrons. The number of phosphoric acid groups is 1. The number of aromatic amines is 1. The van der Waals surface area contributed by atoms with Crippen molar-refractivity contribution in [2.45, 2.75) is 13.3 Å². The Kier molecular flexibility index (Phi) is 4.13. The third-order valence-corrected chi connectivity index (χ3v) is 3.17. The Morgan fingerprint density at radius 1 is 1.45 bits per heavy atom. The second-order valence-electron chi connectivity index (χ2n) is 4.31. The van der Waals surface area contributed by atoms with Crippen LogP contribution in [0.2, 0.25) is 0 Å². The van der Waals surface area contributed by atoms with Gasteiger partial charge >= 0.3 is 7.82 Å². The molecule has 1 aromatic carbocycles. The summed E-state index contributed by atoms with van der Waals surface area (Å²) < 4.78 is 15.7. The van der Waals surface area contributed by atoms with E-state index in [2.05, 4.69) is 10.3 Å². The average Bonchev–Trinajstić information content (AvgIpc) is 2.71. The number of rotatable bonds is 5. The molecule has 7 nitrogen and oxygen atoms in total. The fourth-order valence-electron chi connectivity index (χ4n) is 1.99. The Hall–Kier alpha value is -1.82. The molecule has 0 saturated heterocycles. The van der Waals surface area contributed by atoms with Crippen molar-refractivity contribution in [3.05, 3.63) is 30.0 Å². The van der Waals surface area contributed by atoms with E-state index >= 15 is 0 Å². The van der Waals surface area contributed by atoms with Crippen LogP contribution in [0.25, 0.3) is 10.9 Å². The summed E-state index contributed by atoms with van der Waals surface area (Å²) in [5.41, 5.74) is 1.53. The zero-order chi connectivity index (χ0) is 14.8. The fraction of sp³-hybridized carbons (Fsp3) is 0.250. The van der Waals surface area contributed by atoms with Crippen molar-refractivity contribution < 1.29 is 23.7 Å². The Labute approximate surface area is 115 Å². The summed E-state index contributed by atoms with van der Waals surface area (Å²) in [6, 6.07) is 4.92. The minimum absolute atomic E-state index is 0.120. The van der Waals surface area contributed by atoms with Gasteiger partial charge in [-0.05, 0) is 24.1 Å². The molecule has 0 aliphatic heterocycles. The maximum atomic E-state index is 11.0. The summed E-state index contributed by atoms with van der Waals surface area (Å²) in [6.45, 7) is 1.87. The van der Waals surface area contributed by atoms with Gasteiger partial charge in [0.05, 0.1) is 0 Å². The van der Waals surface area contributed by atoms with Gasteiger partial charge in [-0.3, -0.25) is 14.6 Å². The van der Waals surface area contributed by atoms with Crippen LogP contribution in [0.15, 0.2) is 24.4 Å². The first kappa shape index (κ1) is 14.6. The quantitative estimate of drug-likeness (QED) is 0.622. The topological polar surface area (TPSA) is 112 Å². The number of H-pyrrole nitrogens is 1. The maximum Gasteiger partial charge on any atom is 0.524 e. The number of hydrogen-bond acceptors (Lipinski definition) is 3. The van der Waals surface area contributed by atoms with Gasteiger partial charge in [0.1, 0.15) is 5.75 Å². The number of phosphoric ester groups is 1. The van der Waals surface area contributed by atoms with E-state index in [0.717, 1.165) is 5.56 Å². The van der Waals surface area contributed by atoms with Crippen LogP contribution < -0.4 is 9.84 Å². The lowest BCUT2D eigenvalue weighted by Gasteiger charge is -2.09. The van der Waals surface area contributed by atoms with Crippen molar-refractivity contribution in [2.75, 3.05) is 6.54 Å².